The first kappa shape index (κ1) is 15.0. The molecule has 1 aromatic rings. The van der Waals surface area contributed by atoms with Gasteiger partial charge in [-0.3, -0.25) is 0 Å². The Labute approximate surface area is 124 Å². The van der Waals surface area contributed by atoms with Crippen molar-refractivity contribution in [3.05, 3.63) is 34.1 Å². The fraction of sp³-hybridized carbons (Fsp3) is 0.625. The molecule has 1 N–H and O–H groups in total. The van der Waals surface area contributed by atoms with Gasteiger partial charge < -0.3 is 5.32 Å². The molecule has 1 saturated carbocycles. The topological polar surface area (TPSA) is 12.0 Å². The van der Waals surface area contributed by atoms with Gasteiger partial charge in [0.1, 0.15) is 5.82 Å². The lowest BCUT2D eigenvalue weighted by Gasteiger charge is -2.34. The summed E-state index contributed by atoms with van der Waals surface area (Å²) in [5.74, 6) is 1.25. The van der Waals surface area contributed by atoms with Gasteiger partial charge in [0.2, 0.25) is 0 Å². The van der Waals surface area contributed by atoms with Gasteiger partial charge in [0, 0.05) is 10.5 Å². The van der Waals surface area contributed by atoms with E-state index in [0.717, 1.165) is 22.5 Å². The van der Waals surface area contributed by atoms with Crippen molar-refractivity contribution in [2.75, 3.05) is 6.54 Å². The smallest absolute Gasteiger partial charge is 0.123 e. The lowest BCUT2D eigenvalue weighted by molar-refractivity contribution is 0.224. The van der Waals surface area contributed by atoms with Crippen LogP contribution >= 0.6 is 15.9 Å². The van der Waals surface area contributed by atoms with Crippen LogP contribution in [0.2, 0.25) is 0 Å². The van der Waals surface area contributed by atoms with E-state index in [0.29, 0.717) is 5.92 Å². The van der Waals surface area contributed by atoms with E-state index in [9.17, 15) is 4.39 Å². The van der Waals surface area contributed by atoms with Gasteiger partial charge in [-0.15, -0.1) is 0 Å². The first-order chi connectivity index (χ1) is 9.11. The maximum Gasteiger partial charge on any atom is 0.123 e. The molecule has 3 atom stereocenters. The summed E-state index contributed by atoms with van der Waals surface area (Å²) in [6.45, 7) is 5.36. The molecule has 19 heavy (non-hydrogen) atoms. The fourth-order valence-electron chi connectivity index (χ4n) is 3.29. The van der Waals surface area contributed by atoms with Crippen LogP contribution in [0.25, 0.3) is 0 Å². The van der Waals surface area contributed by atoms with E-state index in [1.54, 1.807) is 6.07 Å². The largest absolute Gasteiger partial charge is 0.310 e. The summed E-state index contributed by atoms with van der Waals surface area (Å²) < 4.78 is 14.6. The van der Waals surface area contributed by atoms with Gasteiger partial charge in [-0.2, -0.15) is 0 Å². The Bertz CT molecular complexity index is 421. The molecular weight excluding hydrogens is 305 g/mol. The molecule has 0 amide bonds. The van der Waals surface area contributed by atoms with Gasteiger partial charge in [0.25, 0.3) is 0 Å². The predicted octanol–water partition coefficient (Wildman–Crippen LogP) is 5.07. The van der Waals surface area contributed by atoms with E-state index in [4.69, 9.17) is 0 Å². The molecule has 2 rings (SSSR count). The van der Waals surface area contributed by atoms with Crippen molar-refractivity contribution in [2.24, 2.45) is 11.8 Å². The molecule has 3 unspecified atom stereocenters. The van der Waals surface area contributed by atoms with E-state index < -0.39 is 0 Å². The van der Waals surface area contributed by atoms with E-state index in [2.05, 4.69) is 35.1 Å². The maximum absolute atomic E-state index is 13.5. The highest BCUT2D eigenvalue weighted by atomic mass is 79.9. The Balaban J connectivity index is 2.25. The van der Waals surface area contributed by atoms with Crippen LogP contribution < -0.4 is 5.32 Å². The number of nitrogens with one attached hydrogen (secondary N) is 1. The zero-order valence-electron chi connectivity index (χ0n) is 11.8. The minimum atomic E-state index is -0.148. The minimum absolute atomic E-state index is 0.148. The van der Waals surface area contributed by atoms with E-state index >= 15 is 0 Å². The average molecular weight is 328 g/mol. The van der Waals surface area contributed by atoms with Gasteiger partial charge in [-0.1, -0.05) is 42.6 Å². The molecule has 0 aliphatic heterocycles. The van der Waals surface area contributed by atoms with Crippen molar-refractivity contribution in [3.63, 3.8) is 0 Å². The summed E-state index contributed by atoms with van der Waals surface area (Å²) in [6.07, 6.45) is 5.10. The van der Waals surface area contributed by atoms with Crippen LogP contribution in [0.5, 0.6) is 0 Å². The van der Waals surface area contributed by atoms with Crippen molar-refractivity contribution in [3.8, 4) is 0 Å². The highest BCUT2D eigenvalue weighted by Gasteiger charge is 2.28. The Hall–Kier alpha value is -0.410. The van der Waals surface area contributed by atoms with E-state index in [-0.39, 0.29) is 11.9 Å². The average Bonchev–Trinajstić information content (AvgIpc) is 2.39. The van der Waals surface area contributed by atoms with E-state index in [1.165, 1.54) is 31.7 Å². The minimum Gasteiger partial charge on any atom is -0.310 e. The summed E-state index contributed by atoms with van der Waals surface area (Å²) >= 11 is 3.58. The molecule has 1 aromatic carbocycles. The van der Waals surface area contributed by atoms with Crippen LogP contribution in [-0.2, 0) is 0 Å². The lowest BCUT2D eigenvalue weighted by atomic mass is 9.76. The molecule has 0 spiro atoms. The number of halogens is 2. The zero-order valence-corrected chi connectivity index (χ0v) is 13.3. The summed E-state index contributed by atoms with van der Waals surface area (Å²) in [4.78, 5) is 0. The van der Waals surface area contributed by atoms with E-state index in [1.807, 2.05) is 6.07 Å². The molecule has 1 aliphatic rings. The Morgan fingerprint density at radius 1 is 1.42 bits per heavy atom. The predicted molar refractivity (Wildman–Crippen MR) is 81.6 cm³/mol. The number of hydrogen-bond donors (Lipinski definition) is 1. The normalized spacial score (nSPS) is 25.3. The molecule has 0 radical (unpaired) electrons. The third-order valence-corrected chi connectivity index (χ3v) is 4.89. The van der Waals surface area contributed by atoms with Crippen molar-refractivity contribution in [1.82, 2.24) is 5.32 Å². The third kappa shape index (κ3) is 3.79. The van der Waals surface area contributed by atoms with Crippen molar-refractivity contribution in [1.29, 1.82) is 0 Å². The second-order valence-corrected chi connectivity index (χ2v) is 6.59. The SMILES string of the molecule is CCNC(c1cc(F)ccc1Br)C1CCCC(C)C1. The molecule has 1 aliphatic carbocycles. The zero-order chi connectivity index (χ0) is 13.8. The van der Waals surface area contributed by atoms with Crippen molar-refractivity contribution >= 4 is 15.9 Å². The fourth-order valence-corrected chi connectivity index (χ4v) is 3.78. The standard InChI is InChI=1S/C16H23BrFN/c1-3-19-16(12-6-4-5-11(2)9-12)14-10-13(18)7-8-15(14)17/h7-8,10-12,16,19H,3-6,9H2,1-2H3. The Morgan fingerprint density at radius 3 is 2.89 bits per heavy atom. The lowest BCUT2D eigenvalue weighted by Crippen LogP contribution is -2.31. The molecule has 106 valence electrons. The van der Waals surface area contributed by atoms with Crippen LogP contribution in [0.3, 0.4) is 0 Å². The molecule has 3 heteroatoms. The van der Waals surface area contributed by atoms with Gasteiger partial charge in [-0.25, -0.2) is 4.39 Å². The number of benzene rings is 1. The first-order valence-electron chi connectivity index (χ1n) is 7.30. The molecule has 0 saturated heterocycles. The molecule has 1 fully saturated rings. The highest BCUT2D eigenvalue weighted by molar-refractivity contribution is 9.10. The van der Waals surface area contributed by atoms with Crippen molar-refractivity contribution in [2.45, 2.75) is 45.6 Å². The summed E-state index contributed by atoms with van der Waals surface area (Å²) in [6, 6.07) is 5.27. The Kier molecular flexibility index (Phi) is 5.40. The second-order valence-electron chi connectivity index (χ2n) is 5.73. The third-order valence-electron chi connectivity index (χ3n) is 4.17. The van der Waals surface area contributed by atoms with Gasteiger partial charge in [0.05, 0.1) is 0 Å². The molecular formula is C16H23BrFN. The van der Waals surface area contributed by atoms with Crippen molar-refractivity contribution < 1.29 is 4.39 Å². The second kappa shape index (κ2) is 6.85. The Morgan fingerprint density at radius 2 is 2.21 bits per heavy atom. The summed E-state index contributed by atoms with van der Waals surface area (Å²) in [7, 11) is 0. The molecule has 1 nitrogen and oxygen atoms in total. The maximum atomic E-state index is 13.5. The first-order valence-corrected chi connectivity index (χ1v) is 8.09. The summed E-state index contributed by atoms with van der Waals surface area (Å²) in [5.41, 5.74) is 1.07. The van der Waals surface area contributed by atoms with Crippen LogP contribution in [0.15, 0.2) is 22.7 Å². The van der Waals surface area contributed by atoms with Crippen LogP contribution in [-0.4, -0.2) is 6.54 Å². The van der Waals surface area contributed by atoms with Gasteiger partial charge in [0.15, 0.2) is 0 Å². The molecule has 0 heterocycles. The highest BCUT2D eigenvalue weighted by Crippen LogP contribution is 2.39. The van der Waals surface area contributed by atoms with Gasteiger partial charge >= 0.3 is 0 Å². The quantitative estimate of drug-likeness (QED) is 0.814. The van der Waals surface area contributed by atoms with Crippen LogP contribution in [0.1, 0.15) is 51.1 Å². The number of hydrogen-bond acceptors (Lipinski definition) is 1. The number of rotatable bonds is 4. The van der Waals surface area contributed by atoms with Gasteiger partial charge in [-0.05, 0) is 55.0 Å². The molecule has 0 aromatic heterocycles. The molecule has 0 bridgehead atoms. The van der Waals surface area contributed by atoms with Crippen LogP contribution in [0, 0.1) is 17.7 Å². The monoisotopic (exact) mass is 327 g/mol. The summed E-state index contributed by atoms with van der Waals surface area (Å²) in [5, 5.41) is 3.56. The van der Waals surface area contributed by atoms with Crippen LogP contribution in [0.4, 0.5) is 4.39 Å².